The van der Waals surface area contributed by atoms with Gasteiger partial charge in [-0.3, -0.25) is 25.2 Å². The van der Waals surface area contributed by atoms with Crippen LogP contribution in [-0.2, 0) is 9.59 Å². The Labute approximate surface area is 172 Å². The molecule has 9 nitrogen and oxygen atoms in total. The number of halogens is 1. The first kappa shape index (κ1) is 20.7. The van der Waals surface area contributed by atoms with Gasteiger partial charge in [0.15, 0.2) is 18.9 Å². The molecule has 29 heavy (non-hydrogen) atoms. The van der Waals surface area contributed by atoms with Crippen molar-refractivity contribution >= 4 is 29.3 Å². The average Bonchev–Trinajstić information content (AvgIpc) is 3.27. The number of ether oxygens (including phenoxy) is 1. The summed E-state index contributed by atoms with van der Waals surface area (Å²) in [4.78, 5) is 38.8. The Morgan fingerprint density at radius 3 is 2.41 bits per heavy atom. The SMILES string of the molecule is O=C(COc1ccc(Cl)cc1)NNC(=O)C[NH+]1CCN(C(=O)c2ccco2)CC1. The van der Waals surface area contributed by atoms with Gasteiger partial charge in [-0.25, -0.2) is 0 Å². The van der Waals surface area contributed by atoms with E-state index in [1.165, 1.54) is 6.26 Å². The van der Waals surface area contributed by atoms with Gasteiger partial charge in [-0.2, -0.15) is 0 Å². The van der Waals surface area contributed by atoms with Crippen molar-refractivity contribution in [1.29, 1.82) is 0 Å². The quantitative estimate of drug-likeness (QED) is 0.545. The lowest BCUT2D eigenvalue weighted by atomic mass is 10.3. The molecule has 1 fully saturated rings. The number of benzene rings is 1. The molecular weight excluding hydrogens is 400 g/mol. The summed E-state index contributed by atoms with van der Waals surface area (Å²) in [5.41, 5.74) is 4.69. The van der Waals surface area contributed by atoms with Crippen molar-refractivity contribution < 1.29 is 28.4 Å². The van der Waals surface area contributed by atoms with Crippen LogP contribution in [0.25, 0.3) is 0 Å². The van der Waals surface area contributed by atoms with E-state index in [1.54, 1.807) is 41.3 Å². The first-order chi connectivity index (χ1) is 14.0. The number of carbonyl (C=O) groups excluding carboxylic acids is 3. The summed E-state index contributed by atoms with van der Waals surface area (Å²) in [6.07, 6.45) is 1.47. The summed E-state index contributed by atoms with van der Waals surface area (Å²) < 4.78 is 10.4. The molecule has 2 aromatic rings. The Morgan fingerprint density at radius 1 is 1.07 bits per heavy atom. The van der Waals surface area contributed by atoms with E-state index in [4.69, 9.17) is 20.8 Å². The molecule has 0 bridgehead atoms. The third-order valence-corrected chi connectivity index (χ3v) is 4.68. The van der Waals surface area contributed by atoms with E-state index in [9.17, 15) is 14.4 Å². The molecule has 154 valence electrons. The third kappa shape index (κ3) is 6.23. The number of amides is 3. The van der Waals surface area contributed by atoms with Crippen LogP contribution >= 0.6 is 11.6 Å². The lowest BCUT2D eigenvalue weighted by Crippen LogP contribution is -3.16. The molecule has 0 atom stereocenters. The summed E-state index contributed by atoms with van der Waals surface area (Å²) in [6, 6.07) is 9.91. The van der Waals surface area contributed by atoms with Crippen LogP contribution < -0.4 is 20.5 Å². The normalized spacial score (nSPS) is 14.3. The number of rotatable bonds is 6. The largest absolute Gasteiger partial charge is 0.484 e. The molecule has 1 saturated heterocycles. The first-order valence-electron chi connectivity index (χ1n) is 9.13. The van der Waals surface area contributed by atoms with Crippen LogP contribution in [0.2, 0.25) is 5.02 Å². The van der Waals surface area contributed by atoms with Crippen LogP contribution in [0.4, 0.5) is 0 Å². The average molecular weight is 422 g/mol. The predicted molar refractivity (Wildman–Crippen MR) is 103 cm³/mol. The number of piperazine rings is 1. The van der Waals surface area contributed by atoms with E-state index in [-0.39, 0.29) is 25.0 Å². The summed E-state index contributed by atoms with van der Waals surface area (Å²) in [5, 5.41) is 0.572. The second-order valence-corrected chi connectivity index (χ2v) is 6.97. The van der Waals surface area contributed by atoms with E-state index < -0.39 is 5.91 Å². The summed E-state index contributed by atoms with van der Waals surface area (Å²) in [7, 11) is 0. The molecular formula is C19H22ClN4O5+. The van der Waals surface area contributed by atoms with E-state index in [0.29, 0.717) is 42.7 Å². The summed E-state index contributed by atoms with van der Waals surface area (Å²) in [5.74, 6) is -0.119. The molecule has 2 heterocycles. The maximum Gasteiger partial charge on any atom is 0.293 e. The van der Waals surface area contributed by atoms with Crippen molar-refractivity contribution in [3.8, 4) is 5.75 Å². The summed E-state index contributed by atoms with van der Waals surface area (Å²) >= 11 is 5.78. The Balaban J connectivity index is 1.32. The molecule has 1 aromatic heterocycles. The zero-order chi connectivity index (χ0) is 20.6. The Bertz CT molecular complexity index is 833. The van der Waals surface area contributed by atoms with E-state index in [0.717, 1.165) is 4.90 Å². The van der Waals surface area contributed by atoms with Crippen molar-refractivity contribution in [2.75, 3.05) is 39.3 Å². The minimum atomic E-state index is -0.475. The maximum atomic E-state index is 12.2. The number of carbonyl (C=O) groups is 3. The van der Waals surface area contributed by atoms with Gasteiger partial charge in [0.25, 0.3) is 17.7 Å². The molecule has 1 aromatic carbocycles. The molecule has 0 unspecified atom stereocenters. The molecule has 3 rings (SSSR count). The van der Waals surface area contributed by atoms with Crippen molar-refractivity contribution in [2.45, 2.75) is 0 Å². The van der Waals surface area contributed by atoms with Gasteiger partial charge in [0, 0.05) is 5.02 Å². The highest BCUT2D eigenvalue weighted by Crippen LogP contribution is 2.15. The first-order valence-corrected chi connectivity index (χ1v) is 9.51. The van der Waals surface area contributed by atoms with Gasteiger partial charge in [-0.05, 0) is 36.4 Å². The zero-order valence-corrected chi connectivity index (χ0v) is 16.4. The number of nitrogens with one attached hydrogen (secondary N) is 3. The summed E-state index contributed by atoms with van der Waals surface area (Å²) in [6.45, 7) is 2.29. The molecule has 0 radical (unpaired) electrons. The van der Waals surface area contributed by atoms with Crippen molar-refractivity contribution in [1.82, 2.24) is 15.8 Å². The second-order valence-electron chi connectivity index (χ2n) is 6.54. The minimum absolute atomic E-state index is 0.147. The number of furan rings is 1. The van der Waals surface area contributed by atoms with Crippen molar-refractivity contribution in [3.05, 3.63) is 53.4 Å². The number of nitrogens with zero attached hydrogens (tertiary/aromatic N) is 1. The molecule has 1 aliphatic rings. The van der Waals surface area contributed by atoms with Gasteiger partial charge in [0.1, 0.15) is 5.75 Å². The van der Waals surface area contributed by atoms with Gasteiger partial charge >= 0.3 is 0 Å². The zero-order valence-electron chi connectivity index (χ0n) is 15.7. The van der Waals surface area contributed by atoms with Crippen LogP contribution in [0.15, 0.2) is 47.1 Å². The lowest BCUT2D eigenvalue weighted by molar-refractivity contribution is -0.896. The Kier molecular flexibility index (Phi) is 7.09. The van der Waals surface area contributed by atoms with Crippen LogP contribution in [0, 0.1) is 0 Å². The minimum Gasteiger partial charge on any atom is -0.484 e. The van der Waals surface area contributed by atoms with Crippen LogP contribution in [0.3, 0.4) is 0 Å². The highest BCUT2D eigenvalue weighted by atomic mass is 35.5. The van der Waals surface area contributed by atoms with Crippen LogP contribution in [0.5, 0.6) is 5.75 Å². The third-order valence-electron chi connectivity index (χ3n) is 4.43. The molecule has 3 amide bonds. The fourth-order valence-corrected chi connectivity index (χ4v) is 3.01. The molecule has 0 saturated carbocycles. The van der Waals surface area contributed by atoms with Crippen molar-refractivity contribution in [2.24, 2.45) is 0 Å². The van der Waals surface area contributed by atoms with Crippen LogP contribution in [-0.4, -0.2) is 62.0 Å². The van der Waals surface area contributed by atoms with Crippen molar-refractivity contribution in [3.63, 3.8) is 0 Å². The smallest absolute Gasteiger partial charge is 0.293 e. The highest BCUT2D eigenvalue weighted by Gasteiger charge is 2.27. The molecule has 0 aliphatic carbocycles. The van der Waals surface area contributed by atoms with Gasteiger partial charge in [0.05, 0.1) is 32.4 Å². The highest BCUT2D eigenvalue weighted by molar-refractivity contribution is 6.30. The van der Waals surface area contributed by atoms with Gasteiger partial charge in [-0.1, -0.05) is 11.6 Å². The Morgan fingerprint density at radius 2 is 1.76 bits per heavy atom. The molecule has 1 aliphatic heterocycles. The predicted octanol–water partition coefficient (Wildman–Crippen LogP) is -0.500. The molecule has 0 spiro atoms. The number of quaternary nitrogens is 1. The standard InChI is InChI=1S/C19H21ClN4O5/c20-14-3-5-15(6-4-14)29-13-18(26)22-21-17(25)12-23-7-9-24(10-8-23)19(27)16-2-1-11-28-16/h1-6,11H,7-10,12-13H2,(H,21,25)(H,22,26)/p+1. The topological polar surface area (TPSA) is 105 Å². The monoisotopic (exact) mass is 421 g/mol. The number of hydrogen-bond donors (Lipinski definition) is 3. The van der Waals surface area contributed by atoms with E-state index in [1.807, 2.05) is 0 Å². The van der Waals surface area contributed by atoms with Crippen LogP contribution in [0.1, 0.15) is 10.6 Å². The number of hydrogen-bond acceptors (Lipinski definition) is 5. The fraction of sp³-hybridized carbons (Fsp3) is 0.316. The molecule has 3 N–H and O–H groups in total. The van der Waals surface area contributed by atoms with Gasteiger partial charge < -0.3 is 19.0 Å². The van der Waals surface area contributed by atoms with Gasteiger partial charge in [-0.15, -0.1) is 0 Å². The lowest BCUT2D eigenvalue weighted by Gasteiger charge is -2.31. The van der Waals surface area contributed by atoms with Gasteiger partial charge in [0.2, 0.25) is 0 Å². The molecule has 10 heteroatoms. The number of hydrazine groups is 1. The van der Waals surface area contributed by atoms with E-state index >= 15 is 0 Å². The fourth-order valence-electron chi connectivity index (χ4n) is 2.89. The second kappa shape index (κ2) is 9.94. The van der Waals surface area contributed by atoms with E-state index in [2.05, 4.69) is 10.9 Å². The maximum absolute atomic E-state index is 12.2. The Hall–Kier alpha value is -3.04.